The Kier molecular flexibility index (Phi) is 5.93. The second kappa shape index (κ2) is 7.93. The van der Waals surface area contributed by atoms with E-state index in [-0.39, 0.29) is 11.7 Å². The van der Waals surface area contributed by atoms with Crippen LogP contribution in [-0.4, -0.2) is 24.3 Å². The van der Waals surface area contributed by atoms with Crippen LogP contribution < -0.4 is 10.6 Å². The average Bonchev–Trinajstić information content (AvgIpc) is 2.49. The normalized spacial score (nSPS) is 15.7. The topological polar surface area (TPSA) is 58.2 Å². The molecular weight excluding hydrogens is 264 g/mol. The Morgan fingerprint density at radius 3 is 2.38 bits per heavy atom. The minimum absolute atomic E-state index is 0.00823. The summed E-state index contributed by atoms with van der Waals surface area (Å²) in [6.45, 7) is 2.26. The fourth-order valence-electron chi connectivity index (χ4n) is 2.71. The molecule has 1 aliphatic carbocycles. The molecule has 1 aliphatic rings. The number of hydrogen-bond acceptors (Lipinski definition) is 3. The van der Waals surface area contributed by atoms with Crippen molar-refractivity contribution in [3.63, 3.8) is 0 Å². The summed E-state index contributed by atoms with van der Waals surface area (Å²) in [5.74, 6) is 0.0402. The van der Waals surface area contributed by atoms with E-state index in [4.69, 9.17) is 0 Å². The fraction of sp³-hybridized carbons (Fsp3) is 0.529. The molecule has 0 bridgehead atoms. The van der Waals surface area contributed by atoms with Crippen molar-refractivity contribution < 1.29 is 9.59 Å². The predicted molar refractivity (Wildman–Crippen MR) is 84.6 cm³/mol. The minimum Gasteiger partial charge on any atom is -0.326 e. The van der Waals surface area contributed by atoms with Crippen LogP contribution in [0.25, 0.3) is 0 Å². The molecule has 0 aromatic heterocycles. The molecule has 2 rings (SSSR count). The first-order chi connectivity index (χ1) is 10.1. The molecule has 0 radical (unpaired) electrons. The van der Waals surface area contributed by atoms with Crippen LogP contribution in [0.2, 0.25) is 0 Å². The van der Waals surface area contributed by atoms with Gasteiger partial charge in [0, 0.05) is 30.3 Å². The van der Waals surface area contributed by atoms with Crippen LogP contribution in [0, 0.1) is 0 Å². The van der Waals surface area contributed by atoms with Gasteiger partial charge in [0.2, 0.25) is 5.91 Å². The second-order valence-corrected chi connectivity index (χ2v) is 5.72. The zero-order valence-corrected chi connectivity index (χ0v) is 12.7. The molecule has 114 valence electrons. The van der Waals surface area contributed by atoms with Crippen LogP contribution >= 0.6 is 0 Å². The Morgan fingerprint density at radius 1 is 1.10 bits per heavy atom. The number of anilines is 1. The van der Waals surface area contributed by atoms with Crippen molar-refractivity contribution in [3.8, 4) is 0 Å². The zero-order chi connectivity index (χ0) is 15.1. The van der Waals surface area contributed by atoms with E-state index in [0.29, 0.717) is 18.0 Å². The lowest BCUT2D eigenvalue weighted by Crippen LogP contribution is -2.33. The number of hydrogen-bond donors (Lipinski definition) is 2. The Balaban J connectivity index is 1.70. The van der Waals surface area contributed by atoms with E-state index in [2.05, 4.69) is 10.6 Å². The van der Waals surface area contributed by atoms with E-state index in [1.54, 1.807) is 24.3 Å². The quantitative estimate of drug-likeness (QED) is 0.791. The SMILES string of the molecule is CC(=O)c1ccc(NC(=O)CCNC2CCCCC2)cc1. The summed E-state index contributed by atoms with van der Waals surface area (Å²) in [6, 6.07) is 7.59. The first kappa shape index (κ1) is 15.7. The van der Waals surface area contributed by atoms with Gasteiger partial charge in [-0.25, -0.2) is 0 Å². The lowest BCUT2D eigenvalue weighted by molar-refractivity contribution is -0.116. The summed E-state index contributed by atoms with van der Waals surface area (Å²) in [6.07, 6.45) is 6.88. The van der Waals surface area contributed by atoms with Gasteiger partial charge in [-0.2, -0.15) is 0 Å². The van der Waals surface area contributed by atoms with Crippen molar-refractivity contribution in [2.24, 2.45) is 0 Å². The monoisotopic (exact) mass is 288 g/mol. The first-order valence-electron chi connectivity index (χ1n) is 7.79. The highest BCUT2D eigenvalue weighted by molar-refractivity contribution is 5.95. The molecule has 1 saturated carbocycles. The van der Waals surface area contributed by atoms with Crippen molar-refractivity contribution in [1.29, 1.82) is 0 Å². The third-order valence-electron chi connectivity index (χ3n) is 3.97. The van der Waals surface area contributed by atoms with Gasteiger partial charge in [0.15, 0.2) is 5.78 Å². The van der Waals surface area contributed by atoms with E-state index in [9.17, 15) is 9.59 Å². The molecule has 0 spiro atoms. The summed E-state index contributed by atoms with van der Waals surface area (Å²) in [7, 11) is 0. The van der Waals surface area contributed by atoms with Gasteiger partial charge in [0.1, 0.15) is 0 Å². The molecule has 1 fully saturated rings. The molecular formula is C17H24N2O2. The molecule has 1 amide bonds. The molecule has 1 aromatic carbocycles. The van der Waals surface area contributed by atoms with Crippen LogP contribution in [0.15, 0.2) is 24.3 Å². The fourth-order valence-corrected chi connectivity index (χ4v) is 2.71. The number of carbonyl (C=O) groups is 2. The average molecular weight is 288 g/mol. The Morgan fingerprint density at radius 2 is 1.76 bits per heavy atom. The smallest absolute Gasteiger partial charge is 0.225 e. The Bertz CT molecular complexity index is 476. The van der Waals surface area contributed by atoms with Crippen LogP contribution in [-0.2, 0) is 4.79 Å². The van der Waals surface area contributed by atoms with E-state index in [0.717, 1.165) is 12.2 Å². The van der Waals surface area contributed by atoms with E-state index >= 15 is 0 Å². The van der Waals surface area contributed by atoms with Crippen LogP contribution in [0.1, 0.15) is 55.8 Å². The van der Waals surface area contributed by atoms with Crippen LogP contribution in [0.4, 0.5) is 5.69 Å². The maximum atomic E-state index is 11.9. The Hall–Kier alpha value is -1.68. The van der Waals surface area contributed by atoms with Crippen molar-refractivity contribution >= 4 is 17.4 Å². The summed E-state index contributed by atoms with van der Waals surface area (Å²) in [5, 5.41) is 6.31. The maximum absolute atomic E-state index is 11.9. The lowest BCUT2D eigenvalue weighted by atomic mass is 9.95. The number of carbonyl (C=O) groups excluding carboxylic acids is 2. The third-order valence-corrected chi connectivity index (χ3v) is 3.97. The second-order valence-electron chi connectivity index (χ2n) is 5.72. The number of amides is 1. The zero-order valence-electron chi connectivity index (χ0n) is 12.7. The number of rotatable bonds is 6. The van der Waals surface area contributed by atoms with E-state index in [1.165, 1.54) is 39.0 Å². The number of benzene rings is 1. The summed E-state index contributed by atoms with van der Waals surface area (Å²) < 4.78 is 0. The first-order valence-corrected chi connectivity index (χ1v) is 7.79. The molecule has 4 nitrogen and oxygen atoms in total. The molecule has 4 heteroatoms. The number of Topliss-reactive ketones (excluding diaryl/α,β-unsaturated/α-hetero) is 1. The van der Waals surface area contributed by atoms with Gasteiger partial charge in [-0.15, -0.1) is 0 Å². The predicted octanol–water partition coefficient (Wildman–Crippen LogP) is 3.14. The van der Waals surface area contributed by atoms with Gasteiger partial charge in [-0.3, -0.25) is 9.59 Å². The van der Waals surface area contributed by atoms with E-state index < -0.39 is 0 Å². The minimum atomic E-state index is 0.00823. The van der Waals surface area contributed by atoms with Crippen molar-refractivity contribution in [2.45, 2.75) is 51.5 Å². The van der Waals surface area contributed by atoms with Gasteiger partial charge in [0.05, 0.1) is 0 Å². The van der Waals surface area contributed by atoms with Crippen molar-refractivity contribution in [3.05, 3.63) is 29.8 Å². The highest BCUT2D eigenvalue weighted by Crippen LogP contribution is 2.17. The van der Waals surface area contributed by atoms with Crippen LogP contribution in [0.5, 0.6) is 0 Å². The maximum Gasteiger partial charge on any atom is 0.225 e. The Labute approximate surface area is 126 Å². The molecule has 0 heterocycles. The number of nitrogens with one attached hydrogen (secondary N) is 2. The third kappa shape index (κ3) is 5.31. The number of ketones is 1. The molecule has 0 saturated heterocycles. The summed E-state index contributed by atoms with van der Waals surface area (Å²) in [4.78, 5) is 23.0. The highest BCUT2D eigenvalue weighted by atomic mass is 16.1. The molecule has 2 N–H and O–H groups in total. The van der Waals surface area contributed by atoms with Crippen molar-refractivity contribution in [2.75, 3.05) is 11.9 Å². The van der Waals surface area contributed by atoms with Gasteiger partial charge >= 0.3 is 0 Å². The van der Waals surface area contributed by atoms with Gasteiger partial charge in [-0.05, 0) is 44.0 Å². The molecule has 1 aromatic rings. The molecule has 0 atom stereocenters. The largest absolute Gasteiger partial charge is 0.326 e. The van der Waals surface area contributed by atoms with Crippen molar-refractivity contribution in [1.82, 2.24) is 5.32 Å². The molecule has 0 aliphatic heterocycles. The van der Waals surface area contributed by atoms with E-state index in [1.807, 2.05) is 0 Å². The molecule has 21 heavy (non-hydrogen) atoms. The van der Waals surface area contributed by atoms with Crippen LogP contribution in [0.3, 0.4) is 0 Å². The summed E-state index contributed by atoms with van der Waals surface area (Å²) >= 11 is 0. The summed E-state index contributed by atoms with van der Waals surface area (Å²) in [5.41, 5.74) is 1.40. The standard InChI is InChI=1S/C17H24N2O2/c1-13(20)14-7-9-16(10-8-14)19-17(21)11-12-18-15-5-3-2-4-6-15/h7-10,15,18H,2-6,11-12H2,1H3,(H,19,21). The van der Waals surface area contributed by atoms with Gasteiger partial charge in [-0.1, -0.05) is 19.3 Å². The van der Waals surface area contributed by atoms with Gasteiger partial charge < -0.3 is 10.6 Å². The highest BCUT2D eigenvalue weighted by Gasteiger charge is 2.12. The van der Waals surface area contributed by atoms with Gasteiger partial charge in [0.25, 0.3) is 0 Å². The molecule has 0 unspecified atom stereocenters. The lowest BCUT2D eigenvalue weighted by Gasteiger charge is -2.22.